The SMILES string of the molecule is Cc1cc(-c2cccc(S(C)(=O)=O)c2)c(Cl)cc1C1=C(O)C2(CCCN(C(=O)CCCS(N)(=O)=O)C2)OC1=O. The maximum absolute atomic E-state index is 13.1. The molecule has 2 aliphatic rings. The first-order valence-electron chi connectivity index (χ1n) is 12.2. The summed E-state index contributed by atoms with van der Waals surface area (Å²) >= 11 is 6.59. The van der Waals surface area contributed by atoms with Gasteiger partial charge in [0.15, 0.2) is 21.2 Å². The highest BCUT2D eigenvalue weighted by Crippen LogP contribution is 2.44. The Hall–Kier alpha value is -2.93. The molecule has 39 heavy (non-hydrogen) atoms. The van der Waals surface area contributed by atoms with Crippen LogP contribution in [-0.4, -0.2) is 69.4 Å². The second-order valence-corrected chi connectivity index (χ2v) is 14.1. The number of amides is 1. The van der Waals surface area contributed by atoms with E-state index in [0.29, 0.717) is 41.6 Å². The van der Waals surface area contributed by atoms with Crippen LogP contribution in [0.25, 0.3) is 16.7 Å². The van der Waals surface area contributed by atoms with Gasteiger partial charge in [-0.1, -0.05) is 23.7 Å². The minimum Gasteiger partial charge on any atom is -0.507 e. The van der Waals surface area contributed by atoms with Crippen LogP contribution in [0.3, 0.4) is 0 Å². The molecule has 210 valence electrons. The van der Waals surface area contributed by atoms with Gasteiger partial charge in [-0.05, 0) is 67.1 Å². The number of carbonyl (C=O) groups is 2. The molecule has 1 amide bonds. The van der Waals surface area contributed by atoms with E-state index in [1.54, 1.807) is 25.1 Å². The lowest BCUT2D eigenvalue weighted by Gasteiger charge is -2.39. The van der Waals surface area contributed by atoms with Gasteiger partial charge in [-0.25, -0.2) is 26.8 Å². The number of hydrogen-bond donors (Lipinski definition) is 2. The molecule has 2 heterocycles. The minimum absolute atomic E-state index is 0.0469. The fourth-order valence-electron chi connectivity index (χ4n) is 5.00. The Balaban J connectivity index is 1.64. The van der Waals surface area contributed by atoms with Gasteiger partial charge in [0.2, 0.25) is 15.9 Å². The molecule has 2 aromatic carbocycles. The van der Waals surface area contributed by atoms with Gasteiger partial charge >= 0.3 is 5.97 Å². The third kappa shape index (κ3) is 6.13. The van der Waals surface area contributed by atoms with Crippen LogP contribution in [0, 0.1) is 6.92 Å². The van der Waals surface area contributed by atoms with E-state index in [-0.39, 0.29) is 52.3 Å². The lowest BCUT2D eigenvalue weighted by Crippen LogP contribution is -2.51. The molecular weight excluding hydrogens is 568 g/mol. The summed E-state index contributed by atoms with van der Waals surface area (Å²) in [4.78, 5) is 27.4. The Kier molecular flexibility index (Phi) is 7.87. The zero-order valence-electron chi connectivity index (χ0n) is 21.4. The van der Waals surface area contributed by atoms with Crippen molar-refractivity contribution in [2.24, 2.45) is 5.14 Å². The van der Waals surface area contributed by atoms with Gasteiger partial charge in [0.1, 0.15) is 5.57 Å². The van der Waals surface area contributed by atoms with Gasteiger partial charge in [-0.3, -0.25) is 4.79 Å². The van der Waals surface area contributed by atoms with Gasteiger partial charge < -0.3 is 14.7 Å². The number of primary sulfonamides is 1. The number of piperidine rings is 1. The van der Waals surface area contributed by atoms with Crippen molar-refractivity contribution < 1.29 is 36.3 Å². The third-order valence-corrected chi connectivity index (χ3v) is 9.22. The largest absolute Gasteiger partial charge is 0.507 e. The molecule has 10 nitrogen and oxygen atoms in total. The number of aliphatic hydroxyl groups is 1. The quantitative estimate of drug-likeness (QED) is 0.461. The summed E-state index contributed by atoms with van der Waals surface area (Å²) in [6.07, 6.45) is 1.89. The predicted molar refractivity (Wildman–Crippen MR) is 146 cm³/mol. The first-order chi connectivity index (χ1) is 18.1. The van der Waals surface area contributed by atoms with Gasteiger partial charge in [-0.15, -0.1) is 0 Å². The van der Waals surface area contributed by atoms with Crippen molar-refractivity contribution in [2.45, 2.75) is 43.1 Å². The molecule has 0 aliphatic carbocycles. The molecule has 0 aromatic heterocycles. The molecule has 13 heteroatoms. The number of carbonyl (C=O) groups excluding carboxylic acids is 2. The molecule has 1 saturated heterocycles. The molecule has 1 atom stereocenters. The van der Waals surface area contributed by atoms with Crippen molar-refractivity contribution >= 4 is 48.9 Å². The Morgan fingerprint density at radius 1 is 1.18 bits per heavy atom. The van der Waals surface area contributed by atoms with Crippen LogP contribution in [0.1, 0.15) is 36.8 Å². The summed E-state index contributed by atoms with van der Waals surface area (Å²) in [5.74, 6) is -1.69. The van der Waals surface area contributed by atoms with Gasteiger partial charge in [0.05, 0.1) is 17.2 Å². The second kappa shape index (κ2) is 10.6. The first-order valence-corrected chi connectivity index (χ1v) is 16.2. The van der Waals surface area contributed by atoms with Crippen LogP contribution in [0.2, 0.25) is 5.02 Å². The Morgan fingerprint density at radius 2 is 1.90 bits per heavy atom. The van der Waals surface area contributed by atoms with E-state index in [9.17, 15) is 31.5 Å². The number of nitrogens with zero attached hydrogens (tertiary/aromatic N) is 1. The topological polar surface area (TPSA) is 161 Å². The molecule has 1 unspecified atom stereocenters. The molecule has 4 rings (SSSR count). The van der Waals surface area contributed by atoms with Crippen LogP contribution in [0.5, 0.6) is 0 Å². The molecule has 2 aliphatic heterocycles. The smallest absolute Gasteiger partial charge is 0.343 e. The number of hydrogen-bond acceptors (Lipinski definition) is 8. The lowest BCUT2D eigenvalue weighted by atomic mass is 9.87. The molecule has 0 bridgehead atoms. The lowest BCUT2D eigenvalue weighted by molar-refractivity contribution is -0.156. The highest BCUT2D eigenvalue weighted by atomic mass is 35.5. The average molecular weight is 597 g/mol. The number of esters is 1. The van der Waals surface area contributed by atoms with E-state index < -0.39 is 31.4 Å². The molecule has 1 spiro atoms. The molecule has 2 aromatic rings. The van der Waals surface area contributed by atoms with E-state index in [1.807, 2.05) is 0 Å². The van der Waals surface area contributed by atoms with Crippen LogP contribution < -0.4 is 5.14 Å². The number of aliphatic hydroxyl groups excluding tert-OH is 1. The summed E-state index contributed by atoms with van der Waals surface area (Å²) in [7, 11) is -7.12. The average Bonchev–Trinajstić information content (AvgIpc) is 3.07. The highest BCUT2D eigenvalue weighted by Gasteiger charge is 2.51. The Morgan fingerprint density at radius 3 is 2.56 bits per heavy atom. The summed E-state index contributed by atoms with van der Waals surface area (Å²) in [6.45, 7) is 2.05. The monoisotopic (exact) mass is 596 g/mol. The van der Waals surface area contributed by atoms with E-state index in [0.717, 1.165) is 6.26 Å². The number of benzene rings is 2. The van der Waals surface area contributed by atoms with Crippen molar-refractivity contribution in [3.63, 3.8) is 0 Å². The highest BCUT2D eigenvalue weighted by molar-refractivity contribution is 7.90. The van der Waals surface area contributed by atoms with Gasteiger partial charge in [0, 0.05) is 29.8 Å². The fourth-order valence-corrected chi connectivity index (χ4v) is 6.49. The normalized spacial score (nSPS) is 20.0. The number of rotatable bonds is 7. The fraction of sp³-hybridized carbons (Fsp3) is 0.385. The van der Waals surface area contributed by atoms with Crippen molar-refractivity contribution in [1.29, 1.82) is 0 Å². The zero-order chi connectivity index (χ0) is 28.8. The van der Waals surface area contributed by atoms with E-state index in [2.05, 4.69) is 0 Å². The zero-order valence-corrected chi connectivity index (χ0v) is 23.8. The Labute approximate surface area is 232 Å². The molecule has 0 saturated carbocycles. The number of halogens is 1. The van der Waals surface area contributed by atoms with Crippen LogP contribution in [0.4, 0.5) is 0 Å². The number of ether oxygens (including phenoxy) is 1. The number of likely N-dealkylation sites (tertiary alicyclic amines) is 1. The van der Waals surface area contributed by atoms with E-state index in [4.69, 9.17) is 21.5 Å². The molecule has 0 radical (unpaired) electrons. The maximum atomic E-state index is 13.1. The number of aryl methyl sites for hydroxylation is 1. The van der Waals surface area contributed by atoms with Gasteiger partial charge in [0.25, 0.3) is 0 Å². The number of sulfonamides is 1. The molecule has 1 fully saturated rings. The minimum atomic E-state index is -3.69. The van der Waals surface area contributed by atoms with Crippen LogP contribution in [-0.2, 0) is 34.2 Å². The summed E-state index contributed by atoms with van der Waals surface area (Å²) in [5, 5.41) is 16.5. The van der Waals surface area contributed by atoms with Crippen molar-refractivity contribution in [1.82, 2.24) is 4.90 Å². The standard InChI is InChI=1S/C26H29ClN2O8S2/c1-16-12-20(17-6-3-7-18(13-17)38(2,33)34)21(27)14-19(16)23-24(31)26(37-25(23)32)9-5-10-29(15-26)22(30)8-4-11-39(28,35)36/h3,6-7,12-14,31H,4-5,8-11,15H2,1-2H3,(H2,28,35,36). The van der Waals surface area contributed by atoms with Crippen molar-refractivity contribution in [2.75, 3.05) is 25.1 Å². The maximum Gasteiger partial charge on any atom is 0.343 e. The third-order valence-electron chi connectivity index (χ3n) is 6.94. The van der Waals surface area contributed by atoms with E-state index in [1.165, 1.54) is 23.1 Å². The Bertz CT molecular complexity index is 1600. The van der Waals surface area contributed by atoms with Gasteiger partial charge in [-0.2, -0.15) is 0 Å². The number of sulfone groups is 1. The summed E-state index contributed by atoms with van der Waals surface area (Å²) in [6, 6.07) is 9.58. The predicted octanol–water partition coefficient (Wildman–Crippen LogP) is 2.97. The van der Waals surface area contributed by atoms with Crippen molar-refractivity contribution in [3.05, 3.63) is 58.3 Å². The molecule has 3 N–H and O–H groups in total. The molecular formula is C26H29ClN2O8S2. The van der Waals surface area contributed by atoms with Crippen molar-refractivity contribution in [3.8, 4) is 11.1 Å². The summed E-state index contributed by atoms with van der Waals surface area (Å²) in [5.41, 5.74) is 0.625. The number of nitrogens with two attached hydrogens (primary N) is 1. The van der Waals surface area contributed by atoms with Crippen LogP contribution >= 0.6 is 11.6 Å². The summed E-state index contributed by atoms with van der Waals surface area (Å²) < 4.78 is 52.0. The van der Waals surface area contributed by atoms with E-state index >= 15 is 0 Å². The van der Waals surface area contributed by atoms with Crippen LogP contribution in [0.15, 0.2) is 47.1 Å². The first kappa shape index (κ1) is 29.1. The second-order valence-electron chi connectivity index (χ2n) is 9.94.